The highest BCUT2D eigenvalue weighted by Crippen LogP contribution is 2.76. The van der Waals surface area contributed by atoms with Crippen LogP contribution in [0.2, 0.25) is 0 Å². The number of nitrogens with one attached hydrogen (secondary N) is 1. The number of piperidine rings is 1. The van der Waals surface area contributed by atoms with E-state index >= 15 is 0 Å². The van der Waals surface area contributed by atoms with Gasteiger partial charge in [-0.3, -0.25) is 14.5 Å². The van der Waals surface area contributed by atoms with Gasteiger partial charge in [0.1, 0.15) is 17.7 Å². The number of benzene rings is 1. The van der Waals surface area contributed by atoms with Crippen molar-refractivity contribution in [3.05, 3.63) is 23.3 Å². The minimum absolute atomic E-state index is 0.0305. The summed E-state index contributed by atoms with van der Waals surface area (Å²) in [6.45, 7) is 4.99. The van der Waals surface area contributed by atoms with Crippen LogP contribution >= 0.6 is 0 Å². The van der Waals surface area contributed by atoms with Gasteiger partial charge in [-0.2, -0.15) is 0 Å². The lowest BCUT2D eigenvalue weighted by Crippen LogP contribution is -2.81. The number of rotatable bonds is 6. The molecule has 3 heterocycles. The van der Waals surface area contributed by atoms with Crippen molar-refractivity contribution in [2.75, 3.05) is 33.3 Å². The first-order valence-corrected chi connectivity index (χ1v) is 15.2. The first kappa shape index (κ1) is 24.5. The van der Waals surface area contributed by atoms with E-state index in [-0.39, 0.29) is 46.5 Å². The van der Waals surface area contributed by atoms with Gasteiger partial charge in [-0.25, -0.2) is 0 Å². The predicted octanol–water partition coefficient (Wildman–Crippen LogP) is 2.74. The molecular formula is C31H41N3O5. The Morgan fingerprint density at radius 3 is 2.79 bits per heavy atom. The summed E-state index contributed by atoms with van der Waals surface area (Å²) < 4.78 is 13.4. The SMILES string of the molecule is CO[C@]12CC[C@]3(C[C@@H]1CNC(=O)[C@@H]1CCCN1C(C)=O)[C@H]1Cc4ccc(O)c5c4[C@@]3(CCN1CC1CC1)[C@H]2O5. The zero-order valence-corrected chi connectivity index (χ0v) is 23.2. The summed E-state index contributed by atoms with van der Waals surface area (Å²) in [6, 6.07) is 4.03. The van der Waals surface area contributed by atoms with E-state index in [1.165, 1.54) is 30.5 Å². The van der Waals surface area contributed by atoms with Crippen LogP contribution < -0.4 is 10.1 Å². The Labute approximate surface area is 230 Å². The number of carbonyl (C=O) groups excluding carboxylic acids is 2. The molecule has 6 fully saturated rings. The Kier molecular flexibility index (Phi) is 5.10. The second kappa shape index (κ2) is 8.12. The maximum atomic E-state index is 13.4. The molecular weight excluding hydrogens is 494 g/mol. The van der Waals surface area contributed by atoms with Gasteiger partial charge < -0.3 is 24.8 Å². The number of hydrogen-bond donors (Lipinski definition) is 2. The third kappa shape index (κ3) is 2.97. The number of phenolic OH excluding ortho intramolecular Hbond substituents is 1. The van der Waals surface area contributed by atoms with Gasteiger partial charge in [0.05, 0.1) is 0 Å². The van der Waals surface area contributed by atoms with Gasteiger partial charge in [0.25, 0.3) is 0 Å². The molecule has 0 radical (unpaired) electrons. The van der Waals surface area contributed by atoms with Crippen molar-refractivity contribution in [3.8, 4) is 11.5 Å². The molecule has 2 spiro atoms. The van der Waals surface area contributed by atoms with Crippen LogP contribution in [-0.2, 0) is 26.2 Å². The Bertz CT molecular complexity index is 1250. The Morgan fingerprint density at radius 1 is 1.18 bits per heavy atom. The van der Waals surface area contributed by atoms with Crippen molar-refractivity contribution in [2.24, 2.45) is 17.3 Å². The molecule has 0 unspecified atom stereocenters. The summed E-state index contributed by atoms with van der Waals surface area (Å²) in [6.07, 6.45) is 9.13. The minimum atomic E-state index is -0.533. The maximum absolute atomic E-state index is 13.4. The molecule has 8 aliphatic rings. The molecule has 2 N–H and O–H groups in total. The Balaban J connectivity index is 1.18. The quantitative estimate of drug-likeness (QED) is 0.582. The highest BCUT2D eigenvalue weighted by molar-refractivity contribution is 5.87. The predicted molar refractivity (Wildman–Crippen MR) is 144 cm³/mol. The van der Waals surface area contributed by atoms with Gasteiger partial charge in [-0.15, -0.1) is 0 Å². The number of hydrogen-bond acceptors (Lipinski definition) is 6. The van der Waals surface area contributed by atoms with Gasteiger partial charge in [-0.05, 0) is 81.9 Å². The van der Waals surface area contributed by atoms with E-state index in [4.69, 9.17) is 9.47 Å². The third-order valence-corrected chi connectivity index (χ3v) is 12.3. The average Bonchev–Trinajstić information content (AvgIpc) is 3.46. The van der Waals surface area contributed by atoms with E-state index in [9.17, 15) is 14.7 Å². The molecule has 4 bridgehead atoms. The number of aromatic hydroxyl groups is 1. The standard InChI is InChI=1S/C31H41N3O5/c1-18(35)34-12-3-4-22(34)27(37)32-16-21-15-29-9-10-31(21,38-2)28-30(29)11-13-33(17-19-5-6-19)24(29)14-20-7-8-23(36)26(39-28)25(20)30/h7-8,19,21-22,24,28,36H,3-6,9-17H2,1-2H3,(H,32,37)/t21-,22+,24-,28-,29+,30+,31-/m1/s1. The fraction of sp³-hybridized carbons (Fsp3) is 0.742. The molecule has 3 aliphatic heterocycles. The van der Waals surface area contributed by atoms with Gasteiger partial charge in [0.15, 0.2) is 11.5 Å². The first-order chi connectivity index (χ1) is 18.8. The van der Waals surface area contributed by atoms with Gasteiger partial charge in [-0.1, -0.05) is 6.07 Å². The van der Waals surface area contributed by atoms with Crippen molar-refractivity contribution in [1.29, 1.82) is 0 Å². The molecule has 9 rings (SSSR count). The molecule has 0 aromatic heterocycles. The molecule has 5 aliphatic carbocycles. The second-order valence-electron chi connectivity index (χ2n) is 13.7. The van der Waals surface area contributed by atoms with Crippen LogP contribution in [0.1, 0.15) is 69.4 Å². The maximum Gasteiger partial charge on any atom is 0.242 e. The fourth-order valence-electron chi connectivity index (χ4n) is 10.5. The topological polar surface area (TPSA) is 91.3 Å². The second-order valence-corrected chi connectivity index (χ2v) is 13.7. The van der Waals surface area contributed by atoms with Crippen LogP contribution in [0.25, 0.3) is 0 Å². The zero-order chi connectivity index (χ0) is 26.7. The molecule has 4 saturated carbocycles. The van der Waals surface area contributed by atoms with Gasteiger partial charge in [0.2, 0.25) is 11.8 Å². The summed E-state index contributed by atoms with van der Waals surface area (Å²) >= 11 is 0. The molecule has 7 atom stereocenters. The summed E-state index contributed by atoms with van der Waals surface area (Å²) in [5.74, 6) is 1.79. The van der Waals surface area contributed by atoms with Crippen molar-refractivity contribution in [2.45, 2.75) is 93.9 Å². The molecule has 39 heavy (non-hydrogen) atoms. The fourth-order valence-corrected chi connectivity index (χ4v) is 10.5. The van der Waals surface area contributed by atoms with Crippen molar-refractivity contribution in [1.82, 2.24) is 15.1 Å². The molecule has 8 nitrogen and oxygen atoms in total. The number of methoxy groups -OCH3 is 1. The minimum Gasteiger partial charge on any atom is -0.504 e. The lowest BCUT2D eigenvalue weighted by molar-refractivity contribution is -0.276. The van der Waals surface area contributed by atoms with E-state index < -0.39 is 5.60 Å². The molecule has 1 aromatic carbocycles. The number of likely N-dealkylation sites (tertiary alicyclic amines) is 2. The van der Waals surface area contributed by atoms with Crippen LogP contribution in [0.15, 0.2) is 12.1 Å². The summed E-state index contributed by atoms with van der Waals surface area (Å²) in [7, 11) is 1.81. The Hall–Kier alpha value is -2.32. The largest absolute Gasteiger partial charge is 0.504 e. The van der Waals surface area contributed by atoms with E-state index in [2.05, 4.69) is 16.3 Å². The van der Waals surface area contributed by atoms with Crippen LogP contribution in [0, 0.1) is 17.3 Å². The number of amides is 2. The summed E-state index contributed by atoms with van der Waals surface area (Å²) in [5.41, 5.74) is 1.95. The smallest absolute Gasteiger partial charge is 0.242 e. The molecule has 1 aromatic rings. The van der Waals surface area contributed by atoms with Crippen molar-refractivity contribution in [3.63, 3.8) is 0 Å². The lowest BCUT2D eigenvalue weighted by atomic mass is 9.35. The van der Waals surface area contributed by atoms with Crippen LogP contribution in [0.3, 0.4) is 0 Å². The molecule has 2 saturated heterocycles. The number of nitrogens with zero attached hydrogens (tertiary/aromatic N) is 2. The van der Waals surface area contributed by atoms with Crippen molar-refractivity contribution >= 4 is 11.8 Å². The Morgan fingerprint density at radius 2 is 2.03 bits per heavy atom. The first-order valence-electron chi connectivity index (χ1n) is 15.2. The third-order valence-electron chi connectivity index (χ3n) is 12.3. The summed E-state index contributed by atoms with van der Waals surface area (Å²) in [4.78, 5) is 30.0. The van der Waals surface area contributed by atoms with E-state index in [0.717, 1.165) is 57.4 Å². The normalized spacial score (nSPS) is 41.3. The zero-order valence-electron chi connectivity index (χ0n) is 23.2. The van der Waals surface area contributed by atoms with Crippen molar-refractivity contribution < 1.29 is 24.2 Å². The number of phenols is 1. The number of ether oxygens (including phenoxy) is 2. The van der Waals surface area contributed by atoms with Crippen LogP contribution in [-0.4, -0.2) is 83.8 Å². The number of fused-ring (bicyclic) bond motifs is 2. The van der Waals surface area contributed by atoms with Crippen LogP contribution in [0.5, 0.6) is 11.5 Å². The lowest BCUT2D eigenvalue weighted by Gasteiger charge is -2.74. The van der Waals surface area contributed by atoms with Gasteiger partial charge >= 0.3 is 0 Å². The molecule has 210 valence electrons. The van der Waals surface area contributed by atoms with E-state index in [1.807, 2.05) is 13.2 Å². The monoisotopic (exact) mass is 535 g/mol. The van der Waals surface area contributed by atoms with E-state index in [0.29, 0.717) is 24.9 Å². The highest BCUT2D eigenvalue weighted by Gasteiger charge is 2.80. The van der Waals surface area contributed by atoms with Gasteiger partial charge in [0, 0.05) is 62.0 Å². The highest BCUT2D eigenvalue weighted by atomic mass is 16.6. The summed E-state index contributed by atoms with van der Waals surface area (Å²) in [5, 5.41) is 14.3. The molecule has 8 heteroatoms. The average molecular weight is 536 g/mol. The number of carbonyl (C=O) groups is 2. The van der Waals surface area contributed by atoms with E-state index in [1.54, 1.807) is 11.8 Å². The molecule has 2 amide bonds. The van der Waals surface area contributed by atoms with Crippen LogP contribution in [0.4, 0.5) is 0 Å².